The molecule has 0 amide bonds. The smallest absolute Gasteiger partial charge is 0.257 e. The van der Waals surface area contributed by atoms with Gasteiger partial charge in [-0.3, -0.25) is 9.58 Å². The van der Waals surface area contributed by atoms with E-state index in [2.05, 4.69) is 55.9 Å². The van der Waals surface area contributed by atoms with Crippen LogP contribution in [0, 0.1) is 6.92 Å². The summed E-state index contributed by atoms with van der Waals surface area (Å²) < 4.78 is 12.7. The zero-order chi connectivity index (χ0) is 29.1. The largest absolute Gasteiger partial charge is 0.478 e. The number of morpholine rings is 1. The van der Waals surface area contributed by atoms with Crippen LogP contribution in [0.15, 0.2) is 49.1 Å². The fourth-order valence-electron chi connectivity index (χ4n) is 5.25. The molecule has 0 bridgehead atoms. The quantitative estimate of drug-likeness (QED) is 0.256. The minimum Gasteiger partial charge on any atom is -0.478 e. The second kappa shape index (κ2) is 12.0. The number of aryl methyl sites for hydroxylation is 1. The number of methoxy groups -OCH3 is 1. The van der Waals surface area contributed by atoms with Gasteiger partial charge in [-0.25, -0.2) is 15.0 Å². The zero-order valence-electron chi connectivity index (χ0n) is 23.6. The van der Waals surface area contributed by atoms with Crippen LogP contribution in [0.3, 0.4) is 0 Å². The maximum absolute atomic E-state index is 12.0. The molecule has 0 saturated carbocycles. The minimum atomic E-state index is -0.551. The van der Waals surface area contributed by atoms with Crippen molar-refractivity contribution in [2.24, 2.45) is 0 Å². The number of carbonyl (C=O) groups excluding carboxylic acids is 1. The number of benzene rings is 1. The first-order valence-corrected chi connectivity index (χ1v) is 13.8. The Bertz CT molecular complexity index is 1630. The number of aldehydes is 1. The Morgan fingerprint density at radius 1 is 1.17 bits per heavy atom. The van der Waals surface area contributed by atoms with E-state index in [0.717, 1.165) is 79.2 Å². The molecule has 0 aliphatic carbocycles. The predicted molar refractivity (Wildman–Crippen MR) is 160 cm³/mol. The van der Waals surface area contributed by atoms with Crippen LogP contribution in [0.1, 0.15) is 22.7 Å². The Labute approximate surface area is 243 Å². The second-order valence-electron chi connectivity index (χ2n) is 10.2. The van der Waals surface area contributed by atoms with E-state index in [-0.39, 0.29) is 11.7 Å². The van der Waals surface area contributed by atoms with Gasteiger partial charge in [0.05, 0.1) is 45.0 Å². The molecule has 2 aliphatic rings. The van der Waals surface area contributed by atoms with E-state index in [4.69, 9.17) is 20.2 Å². The lowest BCUT2D eigenvalue weighted by Gasteiger charge is -2.26. The van der Waals surface area contributed by atoms with Gasteiger partial charge < -0.3 is 30.6 Å². The molecule has 4 aromatic rings. The molecule has 216 valence electrons. The van der Waals surface area contributed by atoms with Crippen molar-refractivity contribution in [2.45, 2.75) is 19.5 Å². The molecule has 5 heterocycles. The summed E-state index contributed by atoms with van der Waals surface area (Å²) >= 11 is 0. The van der Waals surface area contributed by atoms with Gasteiger partial charge in [0.15, 0.2) is 5.82 Å². The third-order valence-electron chi connectivity index (χ3n) is 7.48. The van der Waals surface area contributed by atoms with E-state index < -0.39 is 6.04 Å². The molecular formula is C30H33N9O3. The maximum atomic E-state index is 12.0. The summed E-state index contributed by atoms with van der Waals surface area (Å²) in [5.41, 5.74) is 12.6. The molecule has 0 spiro atoms. The van der Waals surface area contributed by atoms with Gasteiger partial charge in [-0.1, -0.05) is 6.07 Å². The summed E-state index contributed by atoms with van der Waals surface area (Å²) in [5, 5.41) is 11.1. The number of rotatable bonds is 9. The lowest BCUT2D eigenvalue weighted by atomic mass is 9.97. The number of hydrogen-bond acceptors (Lipinski definition) is 11. The summed E-state index contributed by atoms with van der Waals surface area (Å²) in [7, 11) is 1.49. The lowest BCUT2D eigenvalue weighted by molar-refractivity contribution is -0.109. The van der Waals surface area contributed by atoms with E-state index in [1.807, 2.05) is 29.1 Å². The Kier molecular flexibility index (Phi) is 7.80. The molecule has 1 fully saturated rings. The normalized spacial score (nSPS) is 16.5. The average Bonchev–Trinajstić information content (AvgIpc) is 3.49. The van der Waals surface area contributed by atoms with E-state index in [9.17, 15) is 4.79 Å². The Balaban J connectivity index is 1.27. The highest BCUT2D eigenvalue weighted by Gasteiger charge is 2.24. The summed E-state index contributed by atoms with van der Waals surface area (Å²) in [6, 6.07) is 7.46. The van der Waals surface area contributed by atoms with Crippen LogP contribution in [0.25, 0.3) is 28.6 Å². The van der Waals surface area contributed by atoms with Gasteiger partial charge in [-0.05, 0) is 54.1 Å². The number of fused-ring (bicyclic) bond motifs is 1. The number of nitrogens with zero attached hydrogens (tertiary/aromatic N) is 6. The Hall–Kier alpha value is -4.81. The van der Waals surface area contributed by atoms with Gasteiger partial charge in [0.1, 0.15) is 23.8 Å². The van der Waals surface area contributed by atoms with Crippen molar-refractivity contribution in [2.75, 3.05) is 51.0 Å². The molecule has 12 heteroatoms. The van der Waals surface area contributed by atoms with E-state index in [0.29, 0.717) is 17.2 Å². The molecule has 0 radical (unpaired) electrons. The molecule has 3 aromatic heterocycles. The SMILES string of the molecule is COc1nc(-c2cc3c(c(Nc4ccc(-c5cnn(CCN6CCOCC6)c5)c(C)c4)n2)C(C=O)NC=C3)cnc1N. The minimum absolute atomic E-state index is 0.195. The van der Waals surface area contributed by atoms with Crippen LogP contribution in [-0.4, -0.2) is 75.9 Å². The van der Waals surface area contributed by atoms with Crippen molar-refractivity contribution in [3.8, 4) is 28.4 Å². The first-order chi connectivity index (χ1) is 20.5. The highest BCUT2D eigenvalue weighted by molar-refractivity contribution is 5.80. The first-order valence-electron chi connectivity index (χ1n) is 13.8. The van der Waals surface area contributed by atoms with Gasteiger partial charge in [-0.2, -0.15) is 5.10 Å². The number of nitrogen functional groups attached to an aromatic ring is 1. The predicted octanol–water partition coefficient (Wildman–Crippen LogP) is 3.19. The average molecular weight is 568 g/mol. The molecule has 1 saturated heterocycles. The van der Waals surface area contributed by atoms with Crippen molar-refractivity contribution in [3.63, 3.8) is 0 Å². The molecule has 12 nitrogen and oxygen atoms in total. The monoisotopic (exact) mass is 567 g/mol. The number of aromatic nitrogens is 5. The Morgan fingerprint density at radius 2 is 2.02 bits per heavy atom. The van der Waals surface area contributed by atoms with E-state index in [1.165, 1.54) is 7.11 Å². The Morgan fingerprint density at radius 3 is 2.81 bits per heavy atom. The standard InChI is InChI=1S/C30H33N9O3/c1-19-13-22(3-4-23(19)21-15-34-39(17-21)8-7-38-9-11-42-12-10-38)35-29-27-20(5-6-32-26(27)18-40)14-24(36-29)25-16-33-28(31)30(37-25)41-2/h3-6,13-18,26,32H,7-12H2,1-2H3,(H2,31,33)(H,35,36). The van der Waals surface area contributed by atoms with E-state index >= 15 is 0 Å². The van der Waals surface area contributed by atoms with Crippen LogP contribution in [0.4, 0.5) is 17.3 Å². The third-order valence-corrected chi connectivity index (χ3v) is 7.48. The van der Waals surface area contributed by atoms with Crippen molar-refractivity contribution in [3.05, 3.63) is 65.7 Å². The summed E-state index contributed by atoms with van der Waals surface area (Å²) in [5.74, 6) is 0.957. The topological polar surface area (TPSA) is 145 Å². The number of carbonyl (C=O) groups is 1. The van der Waals surface area contributed by atoms with Gasteiger partial charge in [0, 0.05) is 42.6 Å². The molecule has 42 heavy (non-hydrogen) atoms. The molecule has 6 rings (SSSR count). The number of nitrogens with one attached hydrogen (secondary N) is 2. The van der Waals surface area contributed by atoms with Gasteiger partial charge >= 0.3 is 0 Å². The number of ether oxygens (including phenoxy) is 2. The zero-order valence-corrected chi connectivity index (χ0v) is 23.6. The second-order valence-corrected chi connectivity index (χ2v) is 10.2. The molecule has 1 atom stereocenters. The van der Waals surface area contributed by atoms with Crippen LogP contribution in [0.2, 0.25) is 0 Å². The number of anilines is 3. The van der Waals surface area contributed by atoms with Crippen LogP contribution >= 0.6 is 0 Å². The number of nitrogens with two attached hydrogens (primary N) is 1. The highest BCUT2D eigenvalue weighted by Crippen LogP contribution is 2.35. The van der Waals surface area contributed by atoms with Crippen molar-refractivity contribution < 1.29 is 14.3 Å². The van der Waals surface area contributed by atoms with Crippen molar-refractivity contribution >= 4 is 29.7 Å². The lowest BCUT2D eigenvalue weighted by Crippen LogP contribution is -2.38. The number of pyridine rings is 1. The third kappa shape index (κ3) is 5.67. The van der Waals surface area contributed by atoms with Crippen molar-refractivity contribution in [1.29, 1.82) is 0 Å². The van der Waals surface area contributed by atoms with Crippen LogP contribution in [0.5, 0.6) is 5.88 Å². The molecule has 2 aliphatic heterocycles. The molecular weight excluding hydrogens is 534 g/mol. The summed E-state index contributed by atoms with van der Waals surface area (Å²) in [6.45, 7) is 7.35. The van der Waals surface area contributed by atoms with Gasteiger partial charge in [0.2, 0.25) is 0 Å². The summed E-state index contributed by atoms with van der Waals surface area (Å²) in [6.07, 6.45) is 10.1. The van der Waals surface area contributed by atoms with Crippen LogP contribution in [-0.2, 0) is 16.1 Å². The van der Waals surface area contributed by atoms with Crippen LogP contribution < -0.4 is 21.1 Å². The molecule has 1 aromatic carbocycles. The highest BCUT2D eigenvalue weighted by atomic mass is 16.5. The van der Waals surface area contributed by atoms with E-state index in [1.54, 1.807) is 12.4 Å². The fourth-order valence-corrected chi connectivity index (χ4v) is 5.25. The first kappa shape index (κ1) is 27.4. The number of hydrogen-bond donors (Lipinski definition) is 3. The maximum Gasteiger partial charge on any atom is 0.257 e. The molecule has 4 N–H and O–H groups in total. The molecule has 1 unspecified atom stereocenters. The van der Waals surface area contributed by atoms with Gasteiger partial charge in [-0.15, -0.1) is 0 Å². The van der Waals surface area contributed by atoms with Gasteiger partial charge in [0.25, 0.3) is 5.88 Å². The fraction of sp³-hybridized carbons (Fsp3) is 0.300. The summed E-state index contributed by atoms with van der Waals surface area (Å²) in [4.78, 5) is 27.9. The van der Waals surface area contributed by atoms with Crippen molar-refractivity contribution in [1.82, 2.24) is 34.9 Å².